The van der Waals surface area contributed by atoms with E-state index in [1.54, 1.807) is 49.6 Å². The lowest BCUT2D eigenvalue weighted by Crippen LogP contribution is -2.47. The molecule has 2 aromatic heterocycles. The molecule has 1 aliphatic rings. The summed E-state index contributed by atoms with van der Waals surface area (Å²) >= 11 is 9.29. The first-order valence-electron chi connectivity index (χ1n) is 9.84. The standard InChI is InChI=1S/C21H18BrClN6O4/c1-29-15-7-4-10-24-13(15)8-9-14(20(29)31)25-21(32)33-19-16(22)17(27-28-19)26-18(30)11-5-2-3-6-12(11)23/h2-7,10,14H,8-9H2,1H3,(H,25,32)(H2,26,27,28,30). The largest absolute Gasteiger partial charge is 0.414 e. The maximum Gasteiger partial charge on any atom is 0.414 e. The molecule has 3 aromatic rings. The number of hydrogen-bond donors (Lipinski definition) is 3. The monoisotopic (exact) mass is 532 g/mol. The summed E-state index contributed by atoms with van der Waals surface area (Å²) in [5.74, 6) is -0.690. The van der Waals surface area contributed by atoms with Gasteiger partial charge in [0.1, 0.15) is 16.3 Å². The molecular formula is C21H18BrClN6O4. The van der Waals surface area contributed by atoms with Gasteiger partial charge in [0.15, 0.2) is 0 Å². The number of hydrogen-bond acceptors (Lipinski definition) is 6. The molecule has 3 amide bonds. The van der Waals surface area contributed by atoms with Crippen LogP contribution in [0.25, 0.3) is 0 Å². The Hall–Kier alpha value is -3.44. The van der Waals surface area contributed by atoms with Crippen molar-refractivity contribution in [3.05, 3.63) is 63.3 Å². The fourth-order valence-corrected chi connectivity index (χ4v) is 3.95. The molecule has 0 bridgehead atoms. The average molecular weight is 534 g/mol. The Kier molecular flexibility index (Phi) is 6.61. The maximum absolute atomic E-state index is 12.8. The molecule has 0 radical (unpaired) electrons. The van der Waals surface area contributed by atoms with E-state index in [1.165, 1.54) is 4.90 Å². The number of halogens is 2. The number of likely N-dealkylation sites (N-methyl/N-ethyl adjacent to an activating group) is 1. The molecule has 3 heterocycles. The highest BCUT2D eigenvalue weighted by Gasteiger charge is 2.30. The number of nitrogens with zero attached hydrogens (tertiary/aromatic N) is 3. The number of fused-ring (bicyclic) bond motifs is 1. The molecule has 33 heavy (non-hydrogen) atoms. The summed E-state index contributed by atoms with van der Waals surface area (Å²) in [4.78, 5) is 43.5. The molecule has 1 unspecified atom stereocenters. The normalized spacial score (nSPS) is 15.4. The number of pyridine rings is 1. The highest BCUT2D eigenvalue weighted by atomic mass is 79.9. The Balaban J connectivity index is 1.40. The summed E-state index contributed by atoms with van der Waals surface area (Å²) in [6.45, 7) is 0. The van der Waals surface area contributed by atoms with Crippen LogP contribution in [0.3, 0.4) is 0 Å². The van der Waals surface area contributed by atoms with Crippen molar-refractivity contribution in [2.75, 3.05) is 17.3 Å². The molecule has 12 heteroatoms. The van der Waals surface area contributed by atoms with Crippen LogP contribution < -0.4 is 20.3 Å². The van der Waals surface area contributed by atoms with E-state index in [4.69, 9.17) is 16.3 Å². The molecule has 0 saturated heterocycles. The number of nitrogens with one attached hydrogen (secondary N) is 3. The minimum Gasteiger partial charge on any atom is -0.388 e. The van der Waals surface area contributed by atoms with Gasteiger partial charge in [-0.05, 0) is 53.0 Å². The van der Waals surface area contributed by atoms with Crippen molar-refractivity contribution in [3.63, 3.8) is 0 Å². The van der Waals surface area contributed by atoms with E-state index in [0.29, 0.717) is 18.5 Å². The van der Waals surface area contributed by atoms with Crippen LogP contribution in [0.2, 0.25) is 5.02 Å². The van der Waals surface area contributed by atoms with Crippen molar-refractivity contribution in [1.29, 1.82) is 0 Å². The predicted molar refractivity (Wildman–Crippen MR) is 125 cm³/mol. The second-order valence-corrected chi connectivity index (χ2v) is 8.34. The number of amides is 3. The summed E-state index contributed by atoms with van der Waals surface area (Å²) in [6.07, 6.45) is 1.68. The Morgan fingerprint density at radius 1 is 1.27 bits per heavy atom. The third-order valence-corrected chi connectivity index (χ3v) is 6.11. The highest BCUT2D eigenvalue weighted by Crippen LogP contribution is 2.31. The Morgan fingerprint density at radius 2 is 2.06 bits per heavy atom. The van der Waals surface area contributed by atoms with Crippen molar-refractivity contribution >= 4 is 56.9 Å². The molecule has 1 atom stereocenters. The molecule has 4 rings (SSSR count). The molecule has 3 N–H and O–H groups in total. The summed E-state index contributed by atoms with van der Waals surface area (Å²) in [6, 6.07) is 9.32. The first-order valence-corrected chi connectivity index (χ1v) is 11.0. The van der Waals surface area contributed by atoms with Gasteiger partial charge in [0.05, 0.1) is 22.0 Å². The van der Waals surface area contributed by atoms with Crippen LogP contribution in [0.15, 0.2) is 47.1 Å². The Labute approximate surface area is 201 Å². The number of H-pyrrole nitrogens is 1. The van der Waals surface area contributed by atoms with E-state index in [-0.39, 0.29) is 32.7 Å². The van der Waals surface area contributed by atoms with Gasteiger partial charge in [0, 0.05) is 13.2 Å². The second-order valence-electron chi connectivity index (χ2n) is 7.14. The number of carbonyl (C=O) groups is 3. The molecule has 0 saturated carbocycles. The van der Waals surface area contributed by atoms with E-state index in [0.717, 1.165) is 5.69 Å². The van der Waals surface area contributed by atoms with Gasteiger partial charge in [-0.2, -0.15) is 0 Å². The highest BCUT2D eigenvalue weighted by molar-refractivity contribution is 9.10. The van der Waals surface area contributed by atoms with E-state index >= 15 is 0 Å². The third kappa shape index (κ3) is 4.83. The van der Waals surface area contributed by atoms with Crippen LogP contribution in [-0.2, 0) is 11.2 Å². The van der Waals surface area contributed by atoms with Gasteiger partial charge in [-0.1, -0.05) is 23.7 Å². The number of aromatic nitrogens is 3. The number of anilines is 2. The summed E-state index contributed by atoms with van der Waals surface area (Å²) < 4.78 is 5.46. The zero-order valence-electron chi connectivity index (χ0n) is 17.3. The quantitative estimate of drug-likeness (QED) is 0.470. The third-order valence-electron chi connectivity index (χ3n) is 5.04. The van der Waals surface area contributed by atoms with Crippen LogP contribution in [0.5, 0.6) is 5.88 Å². The van der Waals surface area contributed by atoms with Crippen LogP contribution in [0, 0.1) is 0 Å². The van der Waals surface area contributed by atoms with E-state index in [9.17, 15) is 14.4 Å². The summed E-state index contributed by atoms with van der Waals surface area (Å²) in [7, 11) is 1.63. The van der Waals surface area contributed by atoms with Gasteiger partial charge in [0.25, 0.3) is 11.8 Å². The van der Waals surface area contributed by atoms with Crippen LogP contribution >= 0.6 is 27.5 Å². The van der Waals surface area contributed by atoms with Gasteiger partial charge in [-0.3, -0.25) is 19.7 Å². The molecule has 170 valence electrons. The number of rotatable bonds is 4. The van der Waals surface area contributed by atoms with Crippen LogP contribution in [0.4, 0.5) is 16.3 Å². The minimum atomic E-state index is -0.864. The van der Waals surface area contributed by atoms with Crippen LogP contribution in [0.1, 0.15) is 22.5 Å². The number of ether oxygens (including phenoxy) is 1. The van der Waals surface area contributed by atoms with Gasteiger partial charge < -0.3 is 20.3 Å². The molecule has 0 fully saturated rings. The van der Waals surface area contributed by atoms with E-state index < -0.39 is 18.0 Å². The topological polar surface area (TPSA) is 129 Å². The van der Waals surface area contributed by atoms with Crippen molar-refractivity contribution in [2.45, 2.75) is 18.9 Å². The van der Waals surface area contributed by atoms with Crippen LogP contribution in [-0.4, -0.2) is 46.2 Å². The number of aryl methyl sites for hydroxylation is 1. The van der Waals surface area contributed by atoms with Crippen molar-refractivity contribution in [1.82, 2.24) is 20.5 Å². The SMILES string of the molecule is CN1C(=O)C(NC(=O)Oc2n[nH]c(NC(=O)c3ccccc3Cl)c2Br)CCc2ncccc21. The number of carbonyl (C=O) groups excluding carboxylic acids is 3. The summed E-state index contributed by atoms with van der Waals surface area (Å²) in [5.41, 5.74) is 1.75. The molecule has 1 aliphatic heterocycles. The first-order chi connectivity index (χ1) is 15.8. The fourth-order valence-electron chi connectivity index (χ4n) is 3.37. The minimum absolute atomic E-state index is 0.110. The molecular weight excluding hydrogens is 516 g/mol. The van der Waals surface area contributed by atoms with Gasteiger partial charge in [-0.25, -0.2) is 4.79 Å². The van der Waals surface area contributed by atoms with Crippen molar-refractivity contribution < 1.29 is 19.1 Å². The second kappa shape index (κ2) is 9.59. The van der Waals surface area contributed by atoms with E-state index in [2.05, 4.69) is 41.7 Å². The number of benzene rings is 1. The van der Waals surface area contributed by atoms with Gasteiger partial charge in [-0.15, -0.1) is 5.10 Å². The molecule has 10 nitrogen and oxygen atoms in total. The smallest absolute Gasteiger partial charge is 0.388 e. The Bertz CT molecular complexity index is 1230. The average Bonchev–Trinajstić information content (AvgIpc) is 3.08. The Morgan fingerprint density at radius 3 is 2.85 bits per heavy atom. The first kappa shape index (κ1) is 22.7. The predicted octanol–water partition coefficient (Wildman–Crippen LogP) is 3.54. The lowest BCUT2D eigenvalue weighted by atomic mass is 10.1. The van der Waals surface area contributed by atoms with Gasteiger partial charge >= 0.3 is 6.09 Å². The fraction of sp³-hybridized carbons (Fsp3) is 0.190. The number of aromatic amines is 1. The lowest BCUT2D eigenvalue weighted by Gasteiger charge is -2.21. The zero-order valence-corrected chi connectivity index (χ0v) is 19.6. The molecule has 0 spiro atoms. The zero-order chi connectivity index (χ0) is 23.5. The molecule has 1 aromatic carbocycles. The molecule has 0 aliphatic carbocycles. The van der Waals surface area contributed by atoms with E-state index in [1.807, 2.05) is 0 Å². The lowest BCUT2D eigenvalue weighted by molar-refractivity contribution is -0.120. The van der Waals surface area contributed by atoms with Crippen molar-refractivity contribution in [2.24, 2.45) is 0 Å². The van der Waals surface area contributed by atoms with Crippen molar-refractivity contribution in [3.8, 4) is 5.88 Å². The van der Waals surface area contributed by atoms with Gasteiger partial charge in [0.2, 0.25) is 5.91 Å². The maximum atomic E-state index is 12.8. The summed E-state index contributed by atoms with van der Waals surface area (Å²) in [5, 5.41) is 11.9.